The second-order valence-corrected chi connectivity index (χ2v) is 13.3. The lowest BCUT2D eigenvalue weighted by Gasteiger charge is -2.38. The van der Waals surface area contributed by atoms with Gasteiger partial charge in [0, 0.05) is 48.6 Å². The number of para-hydroxylation sites is 1. The highest BCUT2D eigenvalue weighted by atomic mass is 79.9. The number of nitrogens with zero attached hydrogens (tertiary/aromatic N) is 3. The summed E-state index contributed by atoms with van der Waals surface area (Å²) in [4.78, 5) is 48.2. The molecule has 3 saturated heterocycles. The van der Waals surface area contributed by atoms with E-state index in [-0.39, 0.29) is 34.4 Å². The number of anilines is 1. The van der Waals surface area contributed by atoms with E-state index in [0.717, 1.165) is 18.5 Å². The van der Waals surface area contributed by atoms with Crippen LogP contribution in [0, 0.1) is 11.8 Å². The molecule has 6 atom stereocenters. The fraction of sp³-hybridized carbons (Fsp3) is 0.567. The van der Waals surface area contributed by atoms with Crippen LogP contribution >= 0.6 is 27.7 Å². The summed E-state index contributed by atoms with van der Waals surface area (Å²) < 4.78 is -0.686. The summed E-state index contributed by atoms with van der Waals surface area (Å²) in [5, 5.41) is 9.30. The lowest BCUT2D eigenvalue weighted by Crippen LogP contribution is -2.56. The van der Waals surface area contributed by atoms with Crippen LogP contribution in [0.25, 0.3) is 0 Å². The van der Waals surface area contributed by atoms with Crippen molar-refractivity contribution in [3.63, 3.8) is 0 Å². The van der Waals surface area contributed by atoms with Crippen LogP contribution in [-0.4, -0.2) is 86.3 Å². The number of alkyl halides is 1. The molecule has 3 aliphatic rings. The number of hydrogen-bond donors (Lipinski definition) is 1. The van der Waals surface area contributed by atoms with E-state index >= 15 is 0 Å². The highest BCUT2D eigenvalue weighted by molar-refractivity contribution is 9.09. The Kier molecular flexibility index (Phi) is 9.99. The van der Waals surface area contributed by atoms with Gasteiger partial charge >= 0.3 is 0 Å². The molecule has 9 heteroatoms. The zero-order chi connectivity index (χ0) is 28.2. The maximum Gasteiger partial charge on any atom is 0.247 e. The number of rotatable bonds is 14. The van der Waals surface area contributed by atoms with Gasteiger partial charge in [0.1, 0.15) is 6.04 Å². The van der Waals surface area contributed by atoms with Crippen LogP contribution in [0.1, 0.15) is 39.0 Å². The molecule has 3 amide bonds. The highest BCUT2D eigenvalue weighted by Gasteiger charge is 2.76. The maximum atomic E-state index is 14.3. The van der Waals surface area contributed by atoms with E-state index in [1.807, 2.05) is 35.2 Å². The van der Waals surface area contributed by atoms with Gasteiger partial charge in [-0.3, -0.25) is 14.4 Å². The Balaban J connectivity index is 1.75. The predicted octanol–water partition coefficient (Wildman–Crippen LogP) is 4.26. The molecule has 0 aliphatic carbocycles. The lowest BCUT2D eigenvalue weighted by atomic mass is 9.70. The molecule has 0 radical (unpaired) electrons. The van der Waals surface area contributed by atoms with Gasteiger partial charge in [0.15, 0.2) is 0 Å². The van der Waals surface area contributed by atoms with Crippen molar-refractivity contribution in [1.29, 1.82) is 0 Å². The number of fused-ring (bicyclic) bond motifs is 1. The van der Waals surface area contributed by atoms with E-state index in [4.69, 9.17) is 0 Å². The Hall–Kier alpha value is -2.10. The van der Waals surface area contributed by atoms with Crippen molar-refractivity contribution >= 4 is 51.1 Å². The number of amides is 3. The number of benzene rings is 1. The number of aliphatic hydroxyl groups excluding tert-OH is 1. The van der Waals surface area contributed by atoms with Crippen LogP contribution in [-0.2, 0) is 14.4 Å². The van der Waals surface area contributed by atoms with Gasteiger partial charge in [-0.25, -0.2) is 0 Å². The summed E-state index contributed by atoms with van der Waals surface area (Å²) in [5.74, 6) is -1.40. The summed E-state index contributed by atoms with van der Waals surface area (Å²) in [6.45, 7) is 11.6. The Morgan fingerprint density at radius 1 is 1.15 bits per heavy atom. The minimum Gasteiger partial charge on any atom is -0.396 e. The number of carbonyl (C=O) groups excluding carboxylic acids is 3. The molecule has 0 saturated carbocycles. The van der Waals surface area contributed by atoms with E-state index < -0.39 is 22.6 Å². The standard InChI is InChI=1S/C30H40BrN3O4S/c1-4-7-17-32(15-5-2)29(38)26-30-20-22(31)25(39-30)23(24(30)28(37)34(26)18-11-12-19-35)27(36)33(16-6-3)21-13-9-8-10-14-21/h5-6,8-10,13-14,22-26,35H,2-4,7,11-12,15-20H2,1H3/t22?,23-,24+,25-,26?,30?/m1/s1. The third-order valence-corrected chi connectivity index (χ3v) is 11.4. The second kappa shape index (κ2) is 13.0. The molecule has 2 bridgehead atoms. The number of likely N-dealkylation sites (tertiary alicyclic amines) is 1. The van der Waals surface area contributed by atoms with Gasteiger partial charge in [-0.2, -0.15) is 0 Å². The molecule has 4 rings (SSSR count). The van der Waals surface area contributed by atoms with Gasteiger partial charge in [-0.05, 0) is 37.8 Å². The monoisotopic (exact) mass is 617 g/mol. The normalized spacial score (nSPS) is 28.8. The van der Waals surface area contributed by atoms with Crippen molar-refractivity contribution < 1.29 is 19.5 Å². The van der Waals surface area contributed by atoms with Crippen molar-refractivity contribution in [3.8, 4) is 0 Å². The Morgan fingerprint density at radius 2 is 1.87 bits per heavy atom. The van der Waals surface area contributed by atoms with E-state index in [1.54, 1.807) is 33.7 Å². The first-order chi connectivity index (χ1) is 18.9. The fourth-order valence-corrected chi connectivity index (χ4v) is 10.1. The molecule has 212 valence electrons. The number of unbranched alkanes of at least 4 members (excludes halogenated alkanes) is 2. The smallest absolute Gasteiger partial charge is 0.247 e. The summed E-state index contributed by atoms with van der Waals surface area (Å²) in [7, 11) is 0. The molecular formula is C30H40BrN3O4S. The first kappa shape index (κ1) is 29.9. The van der Waals surface area contributed by atoms with Crippen LogP contribution in [0.5, 0.6) is 0 Å². The molecule has 1 aromatic carbocycles. The fourth-order valence-electron chi connectivity index (χ4n) is 6.53. The molecule has 3 unspecified atom stereocenters. The third-order valence-electron chi connectivity index (χ3n) is 8.20. The number of hydrogen-bond acceptors (Lipinski definition) is 5. The van der Waals surface area contributed by atoms with Crippen molar-refractivity contribution in [2.24, 2.45) is 11.8 Å². The molecule has 39 heavy (non-hydrogen) atoms. The molecule has 3 heterocycles. The molecule has 1 N–H and O–H groups in total. The van der Waals surface area contributed by atoms with E-state index in [0.29, 0.717) is 45.4 Å². The van der Waals surface area contributed by atoms with Crippen LogP contribution < -0.4 is 4.90 Å². The molecule has 1 spiro atoms. The van der Waals surface area contributed by atoms with Crippen LogP contribution in [0.4, 0.5) is 5.69 Å². The predicted molar refractivity (Wildman–Crippen MR) is 161 cm³/mol. The number of carbonyl (C=O) groups is 3. The van der Waals surface area contributed by atoms with Crippen molar-refractivity contribution in [2.75, 3.05) is 37.7 Å². The zero-order valence-electron chi connectivity index (χ0n) is 22.7. The van der Waals surface area contributed by atoms with Crippen molar-refractivity contribution in [3.05, 3.63) is 55.6 Å². The Labute approximate surface area is 244 Å². The number of thioether (sulfide) groups is 1. The average molecular weight is 619 g/mol. The van der Waals surface area contributed by atoms with Gasteiger partial charge in [-0.15, -0.1) is 24.9 Å². The highest BCUT2D eigenvalue weighted by Crippen LogP contribution is 2.68. The van der Waals surface area contributed by atoms with E-state index in [9.17, 15) is 19.5 Å². The zero-order valence-corrected chi connectivity index (χ0v) is 25.1. The van der Waals surface area contributed by atoms with Crippen LogP contribution in [0.2, 0.25) is 0 Å². The van der Waals surface area contributed by atoms with Crippen LogP contribution in [0.15, 0.2) is 55.6 Å². The molecule has 1 aromatic rings. The van der Waals surface area contributed by atoms with Gasteiger partial charge in [-0.1, -0.05) is 59.6 Å². The van der Waals surface area contributed by atoms with E-state index in [2.05, 4.69) is 36.0 Å². The van der Waals surface area contributed by atoms with Gasteiger partial charge in [0.25, 0.3) is 0 Å². The summed E-state index contributed by atoms with van der Waals surface area (Å²) in [5.41, 5.74) is 0.768. The first-order valence-corrected chi connectivity index (χ1v) is 15.8. The molecule has 7 nitrogen and oxygen atoms in total. The topological polar surface area (TPSA) is 81.2 Å². The SMILES string of the molecule is C=CCN(CCCC)C(=O)C1N(CCCCO)C(=O)[C@@H]2[C@@H](C(=O)N(CC=C)c3ccccc3)[C@@H]3SC12CC3Br. The maximum absolute atomic E-state index is 14.3. The van der Waals surface area contributed by atoms with Gasteiger partial charge in [0.05, 0.1) is 16.6 Å². The minimum atomic E-state index is -0.686. The van der Waals surface area contributed by atoms with Gasteiger partial charge in [0.2, 0.25) is 17.7 Å². The van der Waals surface area contributed by atoms with Crippen LogP contribution in [0.3, 0.4) is 0 Å². The molecule has 3 aliphatic heterocycles. The van der Waals surface area contributed by atoms with E-state index in [1.165, 1.54) is 0 Å². The van der Waals surface area contributed by atoms with Crippen molar-refractivity contribution in [1.82, 2.24) is 9.80 Å². The first-order valence-electron chi connectivity index (χ1n) is 14.0. The summed E-state index contributed by atoms with van der Waals surface area (Å²) in [6, 6.07) is 8.84. The number of aliphatic hydroxyl groups is 1. The quantitative estimate of drug-likeness (QED) is 0.192. The van der Waals surface area contributed by atoms with Crippen molar-refractivity contribution in [2.45, 2.75) is 59.9 Å². The Bertz CT molecular complexity index is 1070. The number of halogens is 1. The molecule has 3 fully saturated rings. The molecule has 0 aromatic heterocycles. The Morgan fingerprint density at radius 3 is 2.51 bits per heavy atom. The molecular weight excluding hydrogens is 578 g/mol. The minimum absolute atomic E-state index is 0.0121. The summed E-state index contributed by atoms with van der Waals surface area (Å²) >= 11 is 5.52. The lowest BCUT2D eigenvalue weighted by molar-refractivity contribution is -0.142. The summed E-state index contributed by atoms with van der Waals surface area (Å²) in [6.07, 6.45) is 7.06. The second-order valence-electron chi connectivity index (χ2n) is 10.6. The third kappa shape index (κ3) is 5.46. The average Bonchev–Trinajstić information content (AvgIpc) is 3.53. The largest absolute Gasteiger partial charge is 0.396 e. The van der Waals surface area contributed by atoms with Gasteiger partial charge < -0.3 is 19.8 Å².